The molecule has 0 aliphatic rings. The molecule has 30 heavy (non-hydrogen) atoms. The standard InChI is InChI=1S/C23H28N4O.2ClH/c1-17(20-11-7-4-8-12-20)18(2)26-23(28)22(24)13-21-15-27(16-25-21)14-19-9-5-3-6-10-19;;/h3-12,15-18,22H,13-14,24H2,1-2H3,(H,26,28);2*1H/t17?,18?,22-;;/m0../s1. The maximum absolute atomic E-state index is 12.5. The Bertz CT molecular complexity index is 886. The second kappa shape index (κ2) is 12.4. The number of nitrogens with two attached hydrogens (primary N) is 1. The van der Waals surface area contributed by atoms with Gasteiger partial charge in [-0.1, -0.05) is 67.6 Å². The number of halogens is 2. The smallest absolute Gasteiger partial charge is 0.237 e. The van der Waals surface area contributed by atoms with Gasteiger partial charge in [-0.25, -0.2) is 4.98 Å². The van der Waals surface area contributed by atoms with E-state index in [2.05, 4.69) is 41.5 Å². The zero-order valence-corrected chi connectivity index (χ0v) is 18.9. The number of imidazole rings is 1. The molecule has 1 amide bonds. The van der Waals surface area contributed by atoms with Crippen molar-refractivity contribution in [3.63, 3.8) is 0 Å². The molecule has 3 N–H and O–H groups in total. The average molecular weight is 449 g/mol. The van der Waals surface area contributed by atoms with Crippen molar-refractivity contribution in [2.45, 2.75) is 44.8 Å². The van der Waals surface area contributed by atoms with E-state index in [1.807, 2.05) is 54.1 Å². The molecule has 7 heteroatoms. The third-order valence-corrected chi connectivity index (χ3v) is 5.11. The first-order chi connectivity index (χ1) is 13.5. The third kappa shape index (κ3) is 7.17. The summed E-state index contributed by atoms with van der Waals surface area (Å²) in [5, 5.41) is 3.05. The van der Waals surface area contributed by atoms with Crippen molar-refractivity contribution in [2.75, 3.05) is 0 Å². The number of hydrogen-bond acceptors (Lipinski definition) is 3. The first-order valence-corrected chi connectivity index (χ1v) is 9.68. The van der Waals surface area contributed by atoms with Gasteiger partial charge >= 0.3 is 0 Å². The summed E-state index contributed by atoms with van der Waals surface area (Å²) in [6.07, 6.45) is 4.16. The van der Waals surface area contributed by atoms with Crippen LogP contribution in [0.2, 0.25) is 0 Å². The molecule has 2 unspecified atom stereocenters. The van der Waals surface area contributed by atoms with E-state index in [1.54, 1.807) is 6.33 Å². The summed E-state index contributed by atoms with van der Waals surface area (Å²) < 4.78 is 2.01. The fourth-order valence-corrected chi connectivity index (χ4v) is 3.21. The van der Waals surface area contributed by atoms with Gasteiger partial charge in [0.1, 0.15) is 0 Å². The minimum atomic E-state index is -0.620. The molecule has 0 bridgehead atoms. The lowest BCUT2D eigenvalue weighted by molar-refractivity contribution is -0.123. The van der Waals surface area contributed by atoms with Crippen LogP contribution in [0.3, 0.4) is 0 Å². The van der Waals surface area contributed by atoms with Gasteiger partial charge in [0.2, 0.25) is 5.91 Å². The molecular weight excluding hydrogens is 419 g/mol. The van der Waals surface area contributed by atoms with Crippen LogP contribution in [-0.2, 0) is 17.8 Å². The van der Waals surface area contributed by atoms with Crippen LogP contribution < -0.4 is 11.1 Å². The lowest BCUT2D eigenvalue weighted by Crippen LogP contribution is -2.47. The summed E-state index contributed by atoms with van der Waals surface area (Å²) in [5.41, 5.74) is 9.36. The van der Waals surface area contributed by atoms with Gasteiger partial charge in [-0.3, -0.25) is 4.79 Å². The number of nitrogens with one attached hydrogen (secondary N) is 1. The topological polar surface area (TPSA) is 72.9 Å². The maximum atomic E-state index is 12.5. The molecule has 162 valence electrons. The number of nitrogens with zero attached hydrogens (tertiary/aromatic N) is 2. The van der Waals surface area contributed by atoms with Crippen molar-refractivity contribution < 1.29 is 4.79 Å². The van der Waals surface area contributed by atoms with Gasteiger partial charge in [0.25, 0.3) is 0 Å². The van der Waals surface area contributed by atoms with E-state index < -0.39 is 6.04 Å². The van der Waals surface area contributed by atoms with Crippen LogP contribution in [0, 0.1) is 0 Å². The predicted molar refractivity (Wildman–Crippen MR) is 126 cm³/mol. The molecule has 0 radical (unpaired) electrons. The summed E-state index contributed by atoms with van der Waals surface area (Å²) >= 11 is 0. The second-order valence-electron chi connectivity index (χ2n) is 7.33. The van der Waals surface area contributed by atoms with Crippen LogP contribution in [0.5, 0.6) is 0 Å². The normalized spacial score (nSPS) is 13.3. The number of aromatic nitrogens is 2. The molecule has 0 saturated carbocycles. The van der Waals surface area contributed by atoms with Gasteiger partial charge in [0.15, 0.2) is 0 Å². The molecule has 1 heterocycles. The number of carbonyl (C=O) groups is 1. The van der Waals surface area contributed by atoms with E-state index in [4.69, 9.17) is 5.73 Å². The van der Waals surface area contributed by atoms with Crippen molar-refractivity contribution in [1.29, 1.82) is 0 Å². The monoisotopic (exact) mass is 448 g/mol. The Balaban J connectivity index is 0.00000225. The zero-order valence-electron chi connectivity index (χ0n) is 17.3. The number of hydrogen-bond donors (Lipinski definition) is 2. The van der Waals surface area contributed by atoms with Crippen LogP contribution >= 0.6 is 24.8 Å². The number of carbonyl (C=O) groups excluding carboxylic acids is 1. The zero-order chi connectivity index (χ0) is 19.9. The van der Waals surface area contributed by atoms with Crippen molar-refractivity contribution >= 4 is 30.7 Å². The Labute approximate surface area is 190 Å². The Kier molecular flexibility index (Phi) is 10.6. The van der Waals surface area contributed by atoms with E-state index in [0.29, 0.717) is 6.42 Å². The van der Waals surface area contributed by atoms with Crippen LogP contribution in [-0.4, -0.2) is 27.5 Å². The minimum Gasteiger partial charge on any atom is -0.352 e. The molecule has 0 fully saturated rings. The Hall–Kier alpha value is -2.34. The first kappa shape index (κ1) is 25.7. The maximum Gasteiger partial charge on any atom is 0.237 e. The highest BCUT2D eigenvalue weighted by molar-refractivity contribution is 5.85. The lowest BCUT2D eigenvalue weighted by Gasteiger charge is -2.23. The SMILES string of the molecule is CC(NC(=O)[C@@H](N)Cc1cn(Cc2ccccc2)cn1)C(C)c1ccccc1.Cl.Cl. The van der Waals surface area contributed by atoms with Crippen LogP contribution in [0.15, 0.2) is 73.2 Å². The molecule has 3 atom stereocenters. The first-order valence-electron chi connectivity index (χ1n) is 9.68. The highest BCUT2D eigenvalue weighted by Gasteiger charge is 2.21. The lowest BCUT2D eigenvalue weighted by atomic mass is 9.94. The van der Waals surface area contributed by atoms with E-state index in [1.165, 1.54) is 11.1 Å². The predicted octanol–water partition coefficient (Wildman–Crippen LogP) is 3.95. The van der Waals surface area contributed by atoms with Gasteiger partial charge in [-0.05, 0) is 18.1 Å². The van der Waals surface area contributed by atoms with Gasteiger partial charge in [0, 0.05) is 31.1 Å². The fraction of sp³-hybridized carbons (Fsp3) is 0.304. The number of benzene rings is 2. The van der Waals surface area contributed by atoms with Crippen LogP contribution in [0.25, 0.3) is 0 Å². The Morgan fingerprint density at radius 1 is 1.03 bits per heavy atom. The van der Waals surface area contributed by atoms with Crippen molar-refractivity contribution in [3.05, 3.63) is 90.0 Å². The third-order valence-electron chi connectivity index (χ3n) is 5.11. The molecular formula is C23H30Cl2N4O. The van der Waals surface area contributed by atoms with E-state index in [9.17, 15) is 4.79 Å². The van der Waals surface area contributed by atoms with E-state index >= 15 is 0 Å². The largest absolute Gasteiger partial charge is 0.352 e. The van der Waals surface area contributed by atoms with Crippen LogP contribution in [0.1, 0.15) is 36.6 Å². The van der Waals surface area contributed by atoms with Crippen LogP contribution in [0.4, 0.5) is 0 Å². The van der Waals surface area contributed by atoms with Gasteiger partial charge in [-0.15, -0.1) is 24.8 Å². The molecule has 0 aliphatic carbocycles. The molecule has 3 aromatic rings. The molecule has 0 saturated heterocycles. The summed E-state index contributed by atoms with van der Waals surface area (Å²) in [4.78, 5) is 16.9. The Morgan fingerprint density at radius 3 is 2.27 bits per heavy atom. The van der Waals surface area contributed by atoms with Crippen molar-refractivity contribution in [2.24, 2.45) is 5.73 Å². The number of rotatable bonds is 8. The van der Waals surface area contributed by atoms with E-state index in [-0.39, 0.29) is 42.7 Å². The summed E-state index contributed by atoms with van der Waals surface area (Å²) in [5.74, 6) is 0.0651. The van der Waals surface area contributed by atoms with Gasteiger partial charge in [0.05, 0.1) is 18.1 Å². The molecule has 1 aromatic heterocycles. The molecule has 3 rings (SSSR count). The highest BCUT2D eigenvalue weighted by Crippen LogP contribution is 2.18. The quantitative estimate of drug-likeness (QED) is 0.547. The molecule has 0 spiro atoms. The molecule has 0 aliphatic heterocycles. The Morgan fingerprint density at radius 2 is 1.63 bits per heavy atom. The highest BCUT2D eigenvalue weighted by atomic mass is 35.5. The molecule has 5 nitrogen and oxygen atoms in total. The summed E-state index contributed by atoms with van der Waals surface area (Å²) in [7, 11) is 0. The van der Waals surface area contributed by atoms with E-state index in [0.717, 1.165) is 12.2 Å². The molecule has 2 aromatic carbocycles. The second-order valence-corrected chi connectivity index (χ2v) is 7.33. The van der Waals surface area contributed by atoms with Gasteiger partial charge < -0.3 is 15.6 Å². The minimum absolute atomic E-state index is 0. The summed E-state index contributed by atoms with van der Waals surface area (Å²) in [6, 6.07) is 19.7. The van der Waals surface area contributed by atoms with Crippen molar-refractivity contribution in [3.8, 4) is 0 Å². The van der Waals surface area contributed by atoms with Crippen molar-refractivity contribution in [1.82, 2.24) is 14.9 Å². The number of amides is 1. The fourth-order valence-electron chi connectivity index (χ4n) is 3.21. The average Bonchev–Trinajstić information content (AvgIpc) is 3.15. The van der Waals surface area contributed by atoms with Gasteiger partial charge in [-0.2, -0.15) is 0 Å². The summed E-state index contributed by atoms with van der Waals surface area (Å²) in [6.45, 7) is 4.87.